The van der Waals surface area contributed by atoms with Crippen LogP contribution >= 0.6 is 34.2 Å². The fourth-order valence-corrected chi connectivity index (χ4v) is 3.96. The lowest BCUT2D eigenvalue weighted by Gasteiger charge is -2.16. The SMILES string of the molecule is COc1cc(CNc2cc(C)ccc2C)cc(I)c1OCc1cccc(Cl)c1. The van der Waals surface area contributed by atoms with Gasteiger partial charge in [-0.1, -0.05) is 35.9 Å². The highest BCUT2D eigenvalue weighted by Crippen LogP contribution is 2.35. The summed E-state index contributed by atoms with van der Waals surface area (Å²) in [6.45, 7) is 5.36. The summed E-state index contributed by atoms with van der Waals surface area (Å²) in [5, 5.41) is 4.22. The minimum absolute atomic E-state index is 0.438. The standard InChI is InChI=1S/C23H23ClINO2/c1-15-7-8-16(2)21(9-15)26-13-18-11-20(25)23(22(12-18)27-3)28-14-17-5-4-6-19(24)10-17/h4-12,26H,13-14H2,1-3H3. The van der Waals surface area contributed by atoms with Crippen molar-refractivity contribution in [3.63, 3.8) is 0 Å². The molecular weight excluding hydrogens is 485 g/mol. The number of nitrogens with one attached hydrogen (secondary N) is 1. The molecule has 0 atom stereocenters. The van der Waals surface area contributed by atoms with E-state index >= 15 is 0 Å². The molecule has 0 saturated carbocycles. The van der Waals surface area contributed by atoms with E-state index in [0.717, 1.165) is 31.9 Å². The Bertz CT molecular complexity index is 975. The van der Waals surface area contributed by atoms with E-state index in [1.165, 1.54) is 11.1 Å². The lowest BCUT2D eigenvalue weighted by Crippen LogP contribution is -2.04. The molecule has 0 aliphatic rings. The average molecular weight is 508 g/mol. The topological polar surface area (TPSA) is 30.5 Å². The zero-order chi connectivity index (χ0) is 20.1. The van der Waals surface area contributed by atoms with Gasteiger partial charge in [0.1, 0.15) is 6.61 Å². The summed E-state index contributed by atoms with van der Waals surface area (Å²) in [5.74, 6) is 1.48. The fraction of sp³-hybridized carbons (Fsp3) is 0.217. The van der Waals surface area contributed by atoms with Gasteiger partial charge in [-0.25, -0.2) is 0 Å². The fourth-order valence-electron chi connectivity index (χ4n) is 2.92. The van der Waals surface area contributed by atoms with Crippen molar-refractivity contribution in [1.82, 2.24) is 0 Å². The van der Waals surface area contributed by atoms with E-state index in [2.05, 4.69) is 66.0 Å². The van der Waals surface area contributed by atoms with Crippen LogP contribution in [-0.4, -0.2) is 7.11 Å². The molecule has 28 heavy (non-hydrogen) atoms. The van der Waals surface area contributed by atoms with Crippen LogP contribution in [0.5, 0.6) is 11.5 Å². The van der Waals surface area contributed by atoms with Crippen molar-refractivity contribution in [1.29, 1.82) is 0 Å². The molecule has 0 unspecified atom stereocenters. The van der Waals surface area contributed by atoms with Crippen LogP contribution in [0.1, 0.15) is 22.3 Å². The van der Waals surface area contributed by atoms with E-state index in [4.69, 9.17) is 21.1 Å². The van der Waals surface area contributed by atoms with E-state index < -0.39 is 0 Å². The third kappa shape index (κ3) is 5.32. The first-order valence-corrected chi connectivity index (χ1v) is 10.5. The molecule has 0 spiro atoms. The molecule has 0 aromatic heterocycles. The van der Waals surface area contributed by atoms with Gasteiger partial charge in [0.25, 0.3) is 0 Å². The van der Waals surface area contributed by atoms with Gasteiger partial charge in [0.05, 0.1) is 10.7 Å². The first-order chi connectivity index (χ1) is 13.5. The van der Waals surface area contributed by atoms with Gasteiger partial charge in [-0.2, -0.15) is 0 Å². The number of hydrogen-bond acceptors (Lipinski definition) is 3. The van der Waals surface area contributed by atoms with Crippen LogP contribution < -0.4 is 14.8 Å². The number of methoxy groups -OCH3 is 1. The predicted octanol–water partition coefficient (Wildman–Crippen LogP) is 6.76. The number of ether oxygens (including phenoxy) is 2. The molecule has 0 amide bonds. The highest BCUT2D eigenvalue weighted by Gasteiger charge is 2.12. The van der Waals surface area contributed by atoms with Crippen molar-refractivity contribution in [2.24, 2.45) is 0 Å². The van der Waals surface area contributed by atoms with Gasteiger partial charge in [0.15, 0.2) is 11.5 Å². The van der Waals surface area contributed by atoms with Crippen LogP contribution in [0.25, 0.3) is 0 Å². The zero-order valence-corrected chi connectivity index (χ0v) is 19.1. The smallest absolute Gasteiger partial charge is 0.174 e. The molecule has 0 fully saturated rings. The van der Waals surface area contributed by atoms with Crippen LogP contribution in [0.15, 0.2) is 54.6 Å². The van der Waals surface area contributed by atoms with E-state index in [1.807, 2.05) is 30.3 Å². The van der Waals surface area contributed by atoms with Crippen molar-refractivity contribution < 1.29 is 9.47 Å². The Morgan fingerprint density at radius 1 is 1.00 bits per heavy atom. The van der Waals surface area contributed by atoms with Gasteiger partial charge in [-0.05, 0) is 89.0 Å². The normalized spacial score (nSPS) is 10.6. The Kier molecular flexibility index (Phi) is 7.08. The van der Waals surface area contributed by atoms with Gasteiger partial charge in [0, 0.05) is 17.3 Å². The maximum absolute atomic E-state index is 6.05. The van der Waals surface area contributed by atoms with Crippen molar-refractivity contribution in [2.45, 2.75) is 27.0 Å². The maximum Gasteiger partial charge on any atom is 0.174 e. The number of anilines is 1. The average Bonchev–Trinajstić information content (AvgIpc) is 2.67. The molecule has 3 rings (SSSR count). The second-order valence-corrected chi connectivity index (χ2v) is 8.30. The summed E-state index contributed by atoms with van der Waals surface area (Å²) in [6.07, 6.45) is 0. The molecule has 3 nitrogen and oxygen atoms in total. The van der Waals surface area contributed by atoms with E-state index in [9.17, 15) is 0 Å². The van der Waals surface area contributed by atoms with Crippen molar-refractivity contribution in [3.8, 4) is 11.5 Å². The van der Waals surface area contributed by atoms with Crippen molar-refractivity contribution >= 4 is 39.9 Å². The van der Waals surface area contributed by atoms with Crippen molar-refractivity contribution in [3.05, 3.63) is 85.4 Å². The largest absolute Gasteiger partial charge is 0.493 e. The van der Waals surface area contributed by atoms with Gasteiger partial charge < -0.3 is 14.8 Å². The lowest BCUT2D eigenvalue weighted by molar-refractivity contribution is 0.282. The second kappa shape index (κ2) is 9.52. The zero-order valence-electron chi connectivity index (χ0n) is 16.2. The van der Waals surface area contributed by atoms with Gasteiger partial charge >= 0.3 is 0 Å². The first kappa shape index (κ1) is 20.8. The van der Waals surface area contributed by atoms with E-state index in [1.54, 1.807) is 7.11 Å². The molecule has 0 heterocycles. The summed E-state index contributed by atoms with van der Waals surface area (Å²) in [7, 11) is 1.67. The minimum Gasteiger partial charge on any atom is -0.493 e. The lowest BCUT2D eigenvalue weighted by atomic mass is 10.1. The Morgan fingerprint density at radius 2 is 1.82 bits per heavy atom. The molecule has 0 aliphatic carbocycles. The number of aryl methyl sites for hydroxylation is 2. The summed E-state index contributed by atoms with van der Waals surface area (Å²) in [5.41, 5.74) is 5.78. The summed E-state index contributed by atoms with van der Waals surface area (Å²) in [4.78, 5) is 0. The third-order valence-corrected chi connectivity index (χ3v) is 5.47. The molecule has 5 heteroatoms. The molecule has 0 aliphatic heterocycles. The number of benzene rings is 3. The Labute approximate surface area is 185 Å². The van der Waals surface area contributed by atoms with Crippen LogP contribution in [0, 0.1) is 17.4 Å². The predicted molar refractivity (Wildman–Crippen MR) is 125 cm³/mol. The van der Waals surface area contributed by atoms with Crippen LogP contribution in [0.3, 0.4) is 0 Å². The molecule has 146 valence electrons. The molecule has 3 aromatic carbocycles. The van der Waals surface area contributed by atoms with Gasteiger partial charge in [-0.3, -0.25) is 0 Å². The van der Waals surface area contributed by atoms with Crippen LogP contribution in [-0.2, 0) is 13.2 Å². The minimum atomic E-state index is 0.438. The van der Waals surface area contributed by atoms with Gasteiger partial charge in [-0.15, -0.1) is 0 Å². The Hall–Kier alpha value is -1.92. The Balaban J connectivity index is 1.74. The quantitative estimate of drug-likeness (QED) is 0.358. The number of halogens is 2. The van der Waals surface area contributed by atoms with Crippen molar-refractivity contribution in [2.75, 3.05) is 12.4 Å². The first-order valence-electron chi connectivity index (χ1n) is 9.01. The van der Waals surface area contributed by atoms with Gasteiger partial charge in [0.2, 0.25) is 0 Å². The number of rotatable bonds is 7. The van der Waals surface area contributed by atoms with E-state index in [-0.39, 0.29) is 0 Å². The molecule has 3 aromatic rings. The Morgan fingerprint density at radius 3 is 2.57 bits per heavy atom. The monoisotopic (exact) mass is 507 g/mol. The summed E-state index contributed by atoms with van der Waals surface area (Å²) >= 11 is 8.35. The second-order valence-electron chi connectivity index (χ2n) is 6.70. The summed E-state index contributed by atoms with van der Waals surface area (Å²) < 4.78 is 12.6. The molecule has 1 N–H and O–H groups in total. The third-order valence-electron chi connectivity index (χ3n) is 4.44. The molecular formula is C23H23ClINO2. The molecule has 0 bridgehead atoms. The molecule has 0 saturated heterocycles. The number of hydrogen-bond donors (Lipinski definition) is 1. The highest BCUT2D eigenvalue weighted by atomic mass is 127. The molecule has 0 radical (unpaired) electrons. The van der Waals surface area contributed by atoms with Crippen LogP contribution in [0.2, 0.25) is 5.02 Å². The maximum atomic E-state index is 6.05. The summed E-state index contributed by atoms with van der Waals surface area (Å²) in [6, 6.07) is 18.2. The van der Waals surface area contributed by atoms with Crippen LogP contribution in [0.4, 0.5) is 5.69 Å². The highest BCUT2D eigenvalue weighted by molar-refractivity contribution is 14.1. The van der Waals surface area contributed by atoms with E-state index in [0.29, 0.717) is 18.2 Å².